The molecule has 5 rings (SSSR count). The lowest BCUT2D eigenvalue weighted by atomic mass is 9.78. The van der Waals surface area contributed by atoms with E-state index in [0.29, 0.717) is 28.5 Å². The van der Waals surface area contributed by atoms with Gasteiger partial charge in [-0.1, -0.05) is 41.9 Å². The number of rotatable bonds is 5. The average molecular weight is 503 g/mol. The molecule has 0 saturated carbocycles. The van der Waals surface area contributed by atoms with E-state index in [1.807, 2.05) is 43.3 Å². The summed E-state index contributed by atoms with van der Waals surface area (Å²) in [6.07, 6.45) is 6.29. The van der Waals surface area contributed by atoms with Crippen LogP contribution < -0.4 is 21.1 Å². The van der Waals surface area contributed by atoms with Crippen LogP contribution in [0.1, 0.15) is 58.4 Å². The molecule has 0 spiro atoms. The fourth-order valence-electron chi connectivity index (χ4n) is 5.14. The van der Waals surface area contributed by atoms with Crippen molar-refractivity contribution in [2.45, 2.75) is 38.6 Å². The number of nitrogens with two attached hydrogens (primary N) is 1. The highest BCUT2D eigenvalue weighted by atomic mass is 35.5. The van der Waals surface area contributed by atoms with Gasteiger partial charge in [-0.25, -0.2) is 4.79 Å². The Bertz CT molecular complexity index is 1360. The smallest absolute Gasteiger partial charge is 0.319 e. The number of ketones is 1. The zero-order valence-electron chi connectivity index (χ0n) is 20.1. The molecule has 0 saturated heterocycles. The van der Waals surface area contributed by atoms with Crippen molar-refractivity contribution in [3.8, 4) is 0 Å². The number of aryl methyl sites for hydroxylation is 1. The van der Waals surface area contributed by atoms with Crippen LogP contribution in [0.2, 0.25) is 5.02 Å². The normalized spacial score (nSPS) is 20.7. The number of fused-ring (bicyclic) bond motifs is 2. The van der Waals surface area contributed by atoms with Gasteiger partial charge in [0.05, 0.1) is 22.8 Å². The quantitative estimate of drug-likeness (QED) is 0.340. The molecule has 36 heavy (non-hydrogen) atoms. The molecule has 2 heterocycles. The molecule has 3 aromatic rings. The second-order valence-corrected chi connectivity index (χ2v) is 9.69. The van der Waals surface area contributed by atoms with E-state index in [1.165, 1.54) is 11.1 Å². The Kier molecular flexibility index (Phi) is 6.62. The topological polar surface area (TPSA) is 97.1 Å². The van der Waals surface area contributed by atoms with Crippen molar-refractivity contribution in [3.63, 3.8) is 0 Å². The highest BCUT2D eigenvalue weighted by molar-refractivity contribution is 6.32. The van der Waals surface area contributed by atoms with Crippen LogP contribution in [0.4, 0.5) is 10.5 Å². The Labute approximate surface area is 215 Å². The van der Waals surface area contributed by atoms with Crippen LogP contribution in [0.25, 0.3) is 0 Å². The highest BCUT2D eigenvalue weighted by Crippen LogP contribution is 2.43. The van der Waals surface area contributed by atoms with Crippen LogP contribution in [-0.2, 0) is 13.0 Å². The number of urea groups is 1. The fourth-order valence-corrected chi connectivity index (χ4v) is 5.43. The Morgan fingerprint density at radius 2 is 1.97 bits per heavy atom. The minimum atomic E-state index is -0.498. The minimum absolute atomic E-state index is 0.103. The number of pyridine rings is 1. The molecule has 2 unspecified atom stereocenters. The standard InChI is InChI=1S/C28H28ClN5O2/c1-2-34(30)17-25(33-28(36)32-16-19-10-5-6-13-31-19)27(35)23-14-22(24(29)15-26(23)34)21-12-7-9-18-8-3-4-11-20(18)21/h3-6,8,10-11,13-15,17,21H,2,7,9,12,16,30H2,1H3,(H-,32,33,36)/p+1. The van der Waals surface area contributed by atoms with Gasteiger partial charge in [-0.3, -0.25) is 15.1 Å². The van der Waals surface area contributed by atoms with Crippen molar-refractivity contribution < 1.29 is 9.59 Å². The number of amides is 2. The summed E-state index contributed by atoms with van der Waals surface area (Å²) in [4.78, 5) is 30.4. The molecule has 184 valence electrons. The molecule has 1 aliphatic heterocycles. The number of nitrogens with one attached hydrogen (secondary N) is 2. The Hall–Kier alpha value is -3.52. The first-order valence-corrected chi connectivity index (χ1v) is 12.6. The van der Waals surface area contributed by atoms with E-state index in [1.54, 1.807) is 12.4 Å². The monoisotopic (exact) mass is 502 g/mol. The van der Waals surface area contributed by atoms with Gasteiger partial charge >= 0.3 is 6.03 Å². The number of carbonyl (C=O) groups excluding carboxylic acids is 2. The number of aromatic nitrogens is 1. The second-order valence-electron chi connectivity index (χ2n) is 9.28. The van der Waals surface area contributed by atoms with Crippen molar-refractivity contribution in [1.82, 2.24) is 20.2 Å². The van der Waals surface area contributed by atoms with Crippen LogP contribution in [0.3, 0.4) is 0 Å². The first-order chi connectivity index (χ1) is 17.4. The van der Waals surface area contributed by atoms with Gasteiger partial charge in [0.15, 0.2) is 5.69 Å². The Morgan fingerprint density at radius 3 is 2.75 bits per heavy atom. The van der Waals surface area contributed by atoms with E-state index in [2.05, 4.69) is 33.8 Å². The predicted octanol–water partition coefficient (Wildman–Crippen LogP) is 4.94. The highest BCUT2D eigenvalue weighted by Gasteiger charge is 2.39. The summed E-state index contributed by atoms with van der Waals surface area (Å²) >= 11 is 6.83. The summed E-state index contributed by atoms with van der Waals surface area (Å²) in [6, 6.07) is 17.1. The van der Waals surface area contributed by atoms with Crippen molar-refractivity contribution in [3.05, 3.63) is 106 Å². The predicted molar refractivity (Wildman–Crippen MR) is 141 cm³/mol. The molecule has 0 bridgehead atoms. The van der Waals surface area contributed by atoms with E-state index in [-0.39, 0.29) is 28.5 Å². The number of Topliss-reactive ketones (excluding diaryl/α,β-unsaturated/α-hetero) is 1. The molecule has 2 atom stereocenters. The van der Waals surface area contributed by atoms with Gasteiger partial charge in [-0.2, -0.15) is 10.4 Å². The van der Waals surface area contributed by atoms with Crippen LogP contribution in [0.15, 0.2) is 72.7 Å². The number of allylic oxidation sites excluding steroid dienone is 1. The van der Waals surface area contributed by atoms with E-state index in [9.17, 15) is 9.59 Å². The molecule has 2 aliphatic rings. The fraction of sp³-hybridized carbons (Fsp3) is 0.250. The van der Waals surface area contributed by atoms with Gasteiger partial charge in [0.1, 0.15) is 18.4 Å². The zero-order chi connectivity index (χ0) is 25.3. The van der Waals surface area contributed by atoms with Gasteiger partial charge in [0.25, 0.3) is 0 Å². The first-order valence-electron chi connectivity index (χ1n) is 12.2. The third kappa shape index (κ3) is 4.53. The third-order valence-electron chi connectivity index (χ3n) is 7.08. The van der Waals surface area contributed by atoms with Crippen molar-refractivity contribution in [2.24, 2.45) is 5.84 Å². The van der Waals surface area contributed by atoms with Crippen molar-refractivity contribution in [1.29, 1.82) is 0 Å². The van der Waals surface area contributed by atoms with Crippen molar-refractivity contribution in [2.75, 3.05) is 6.54 Å². The number of halogens is 1. The van der Waals surface area contributed by atoms with Crippen LogP contribution in [0.5, 0.6) is 0 Å². The van der Waals surface area contributed by atoms with Gasteiger partial charge in [-0.15, -0.1) is 0 Å². The van der Waals surface area contributed by atoms with Crippen LogP contribution in [0, 0.1) is 0 Å². The number of nitrogens with zero attached hydrogens (tertiary/aromatic N) is 2. The summed E-state index contributed by atoms with van der Waals surface area (Å²) < 4.78 is -0.141. The number of carbonyl (C=O) groups is 2. The maximum absolute atomic E-state index is 13.6. The van der Waals surface area contributed by atoms with E-state index >= 15 is 0 Å². The number of benzene rings is 2. The van der Waals surface area contributed by atoms with Gasteiger partial charge in [0, 0.05) is 18.2 Å². The average Bonchev–Trinajstić information content (AvgIpc) is 2.90. The van der Waals surface area contributed by atoms with Crippen LogP contribution >= 0.6 is 11.6 Å². The zero-order valence-corrected chi connectivity index (χ0v) is 20.9. The first kappa shape index (κ1) is 24.2. The molecular weight excluding hydrogens is 474 g/mol. The lowest BCUT2D eigenvalue weighted by Crippen LogP contribution is -2.55. The van der Waals surface area contributed by atoms with E-state index in [4.69, 9.17) is 17.4 Å². The molecule has 4 N–H and O–H groups in total. The number of hydrogen-bond donors (Lipinski definition) is 3. The van der Waals surface area contributed by atoms with Gasteiger partial charge in [-0.05, 0) is 61.1 Å². The summed E-state index contributed by atoms with van der Waals surface area (Å²) in [5, 5.41) is 6.05. The van der Waals surface area contributed by atoms with Gasteiger partial charge in [0.2, 0.25) is 5.78 Å². The lowest BCUT2D eigenvalue weighted by molar-refractivity contribution is 0.101. The lowest BCUT2D eigenvalue weighted by Gasteiger charge is -2.34. The van der Waals surface area contributed by atoms with E-state index in [0.717, 1.165) is 24.8 Å². The Balaban J connectivity index is 1.46. The summed E-state index contributed by atoms with van der Waals surface area (Å²) in [6.45, 7) is 2.64. The molecule has 0 fully saturated rings. The minimum Gasteiger partial charge on any atom is -0.332 e. The summed E-state index contributed by atoms with van der Waals surface area (Å²) in [5.74, 6) is 6.52. The number of hydrogen-bond acceptors (Lipinski definition) is 4. The van der Waals surface area contributed by atoms with Crippen molar-refractivity contribution >= 4 is 29.1 Å². The maximum atomic E-state index is 13.6. The Morgan fingerprint density at radius 1 is 1.17 bits per heavy atom. The molecule has 2 aromatic carbocycles. The summed E-state index contributed by atoms with van der Waals surface area (Å²) in [7, 11) is 0. The molecule has 0 radical (unpaired) electrons. The van der Waals surface area contributed by atoms with E-state index < -0.39 is 6.03 Å². The molecule has 2 amide bonds. The largest absolute Gasteiger partial charge is 0.332 e. The molecule has 1 aliphatic carbocycles. The molecule has 7 nitrogen and oxygen atoms in total. The molecule has 8 heteroatoms. The van der Waals surface area contributed by atoms with Crippen LogP contribution in [-0.4, -0.2) is 23.3 Å². The molecule has 1 aromatic heterocycles. The maximum Gasteiger partial charge on any atom is 0.319 e. The third-order valence-corrected chi connectivity index (χ3v) is 7.41. The van der Waals surface area contributed by atoms with Gasteiger partial charge < -0.3 is 5.32 Å². The second kappa shape index (κ2) is 9.85. The SMILES string of the molecule is CC[N+]1(N)C=C(NC(=O)NCc2ccccn2)C(=O)c2cc(C3CCCc4ccccc43)c(Cl)cc21. The molecular formula is C28H29ClN5O2+. The number of quaternary nitrogens is 1. The summed E-state index contributed by atoms with van der Waals surface area (Å²) in [5.41, 5.74) is 5.43.